The van der Waals surface area contributed by atoms with E-state index in [2.05, 4.69) is 0 Å². The Hall–Kier alpha value is -1.46. The third kappa shape index (κ3) is 2.21. The molecule has 0 aromatic carbocycles. The van der Waals surface area contributed by atoms with Crippen LogP contribution in [0.5, 0.6) is 0 Å². The summed E-state index contributed by atoms with van der Waals surface area (Å²) in [4.78, 5) is 38.1. The zero-order chi connectivity index (χ0) is 14.3. The van der Waals surface area contributed by atoms with E-state index >= 15 is 0 Å². The monoisotopic (exact) mass is 309 g/mol. The Labute approximate surface area is 125 Å². The van der Waals surface area contributed by atoms with Gasteiger partial charge < -0.3 is 0 Å². The van der Waals surface area contributed by atoms with Crippen LogP contribution in [0.3, 0.4) is 0 Å². The van der Waals surface area contributed by atoms with Gasteiger partial charge in [0.05, 0.1) is 27.6 Å². The summed E-state index contributed by atoms with van der Waals surface area (Å²) in [5.74, 6) is -1.25. The molecule has 3 rings (SSSR count). The highest BCUT2D eigenvalue weighted by molar-refractivity contribution is 7.18. The number of carbonyl (C=O) groups is 3. The molecule has 4 nitrogen and oxygen atoms in total. The summed E-state index contributed by atoms with van der Waals surface area (Å²) in [6.07, 6.45) is 5.03. The number of Topliss-reactive ketones (excluding diaryl/α,β-unsaturated/α-hetero) is 1. The predicted molar refractivity (Wildman–Crippen MR) is 75.7 cm³/mol. The second-order valence-corrected chi connectivity index (χ2v) is 6.66. The van der Waals surface area contributed by atoms with Crippen molar-refractivity contribution >= 4 is 40.5 Å². The van der Waals surface area contributed by atoms with Gasteiger partial charge in [-0.25, -0.2) is 0 Å². The zero-order valence-corrected chi connectivity index (χ0v) is 12.1. The van der Waals surface area contributed by atoms with Gasteiger partial charge in [0.1, 0.15) is 0 Å². The fraction of sp³-hybridized carbons (Fsp3) is 0.357. The molecule has 0 radical (unpaired) electrons. The first-order valence-electron chi connectivity index (χ1n) is 6.36. The Balaban J connectivity index is 1.76. The molecule has 0 saturated carbocycles. The number of thiophene rings is 1. The second kappa shape index (κ2) is 5.14. The second-order valence-electron chi connectivity index (χ2n) is 4.95. The van der Waals surface area contributed by atoms with Crippen LogP contribution in [0.4, 0.5) is 0 Å². The van der Waals surface area contributed by atoms with Crippen molar-refractivity contribution in [2.45, 2.75) is 12.8 Å². The molecule has 0 unspecified atom stereocenters. The maximum atomic E-state index is 12.2. The first kappa shape index (κ1) is 13.5. The Kier molecular flexibility index (Phi) is 3.48. The summed E-state index contributed by atoms with van der Waals surface area (Å²) in [5.41, 5.74) is 0. The first-order chi connectivity index (χ1) is 9.58. The lowest BCUT2D eigenvalue weighted by Crippen LogP contribution is -2.35. The van der Waals surface area contributed by atoms with Gasteiger partial charge in [-0.3, -0.25) is 19.3 Å². The van der Waals surface area contributed by atoms with Crippen molar-refractivity contribution in [3.8, 4) is 0 Å². The van der Waals surface area contributed by atoms with Crippen molar-refractivity contribution in [1.82, 2.24) is 4.90 Å². The number of nitrogens with zero attached hydrogens (tertiary/aromatic N) is 1. The van der Waals surface area contributed by atoms with Gasteiger partial charge in [0.2, 0.25) is 11.8 Å². The van der Waals surface area contributed by atoms with Crippen LogP contribution in [0.25, 0.3) is 0 Å². The van der Waals surface area contributed by atoms with E-state index in [0.29, 0.717) is 22.1 Å². The van der Waals surface area contributed by atoms with Crippen LogP contribution in [0.15, 0.2) is 24.3 Å². The molecule has 0 N–H and O–H groups in total. The molecule has 1 aromatic rings. The molecule has 0 bridgehead atoms. The van der Waals surface area contributed by atoms with Gasteiger partial charge in [0.15, 0.2) is 5.78 Å². The largest absolute Gasteiger partial charge is 0.291 e. The van der Waals surface area contributed by atoms with Crippen LogP contribution in [-0.4, -0.2) is 29.0 Å². The number of likely N-dealkylation sites (tertiary alicyclic amines) is 1. The summed E-state index contributed by atoms with van der Waals surface area (Å²) >= 11 is 6.95. The molecule has 104 valence electrons. The minimum Gasteiger partial charge on any atom is -0.291 e. The first-order valence-corrected chi connectivity index (χ1v) is 7.56. The SMILES string of the molecule is O=C(CN1C(=O)[C@H]2CC=CC[C@@H]2C1=O)c1ccc(Cl)s1. The fourth-order valence-corrected chi connectivity index (χ4v) is 3.68. The number of carbonyl (C=O) groups excluding carboxylic acids is 3. The van der Waals surface area contributed by atoms with E-state index in [1.807, 2.05) is 12.2 Å². The van der Waals surface area contributed by atoms with Gasteiger partial charge >= 0.3 is 0 Å². The topological polar surface area (TPSA) is 54.5 Å². The van der Waals surface area contributed by atoms with Crippen LogP contribution in [-0.2, 0) is 9.59 Å². The minimum absolute atomic E-state index is 0.179. The summed E-state index contributed by atoms with van der Waals surface area (Å²) < 4.78 is 0.519. The van der Waals surface area contributed by atoms with Crippen molar-refractivity contribution in [3.63, 3.8) is 0 Å². The van der Waals surface area contributed by atoms with Crippen LogP contribution in [0.2, 0.25) is 4.34 Å². The Bertz CT molecular complexity index is 596. The number of amides is 2. The summed E-state index contributed by atoms with van der Waals surface area (Å²) in [6.45, 7) is -0.179. The zero-order valence-electron chi connectivity index (χ0n) is 10.5. The van der Waals surface area contributed by atoms with Gasteiger partial charge in [-0.05, 0) is 25.0 Å². The lowest BCUT2D eigenvalue weighted by atomic mass is 9.85. The Morgan fingerprint density at radius 3 is 2.30 bits per heavy atom. The summed E-state index contributed by atoms with van der Waals surface area (Å²) in [6, 6.07) is 3.26. The van der Waals surface area contributed by atoms with E-state index in [9.17, 15) is 14.4 Å². The predicted octanol–water partition coefficient (Wildman–Crippen LogP) is 2.54. The molecule has 1 aromatic heterocycles. The molecule has 2 heterocycles. The number of allylic oxidation sites excluding steroid dienone is 2. The number of ketones is 1. The van der Waals surface area contributed by atoms with Crippen molar-refractivity contribution in [3.05, 3.63) is 33.5 Å². The van der Waals surface area contributed by atoms with E-state index < -0.39 is 0 Å². The molecule has 1 saturated heterocycles. The highest BCUT2D eigenvalue weighted by Gasteiger charge is 2.47. The van der Waals surface area contributed by atoms with Gasteiger partial charge in [-0.15, -0.1) is 11.3 Å². The summed E-state index contributed by atoms with van der Waals surface area (Å²) in [5, 5.41) is 0. The molecular formula is C14H12ClNO3S. The maximum Gasteiger partial charge on any atom is 0.233 e. The van der Waals surface area contributed by atoms with Crippen LogP contribution in [0, 0.1) is 11.8 Å². The van der Waals surface area contributed by atoms with Crippen molar-refractivity contribution in [1.29, 1.82) is 0 Å². The van der Waals surface area contributed by atoms with Gasteiger partial charge in [0.25, 0.3) is 0 Å². The third-order valence-corrected chi connectivity index (χ3v) is 5.02. The maximum absolute atomic E-state index is 12.2. The smallest absolute Gasteiger partial charge is 0.233 e. The average Bonchev–Trinajstić information content (AvgIpc) is 2.98. The van der Waals surface area contributed by atoms with E-state index in [-0.39, 0.29) is 36.0 Å². The van der Waals surface area contributed by atoms with Crippen LogP contribution >= 0.6 is 22.9 Å². The minimum atomic E-state index is -0.285. The Morgan fingerprint density at radius 1 is 1.20 bits per heavy atom. The summed E-state index contributed by atoms with van der Waals surface area (Å²) in [7, 11) is 0. The van der Waals surface area contributed by atoms with Gasteiger partial charge in [-0.2, -0.15) is 0 Å². The lowest BCUT2D eigenvalue weighted by molar-refractivity contribution is -0.139. The Morgan fingerprint density at radius 2 is 1.80 bits per heavy atom. The van der Waals surface area contributed by atoms with E-state index in [4.69, 9.17) is 11.6 Å². The molecule has 1 aliphatic carbocycles. The molecule has 2 aliphatic rings. The molecule has 0 spiro atoms. The number of hydrogen-bond donors (Lipinski definition) is 0. The number of rotatable bonds is 3. The molecule has 2 atom stereocenters. The normalized spacial score (nSPS) is 25.1. The molecule has 1 fully saturated rings. The molecular weight excluding hydrogens is 298 g/mol. The number of imide groups is 1. The fourth-order valence-electron chi connectivity index (χ4n) is 2.71. The molecule has 1 aliphatic heterocycles. The number of fused-ring (bicyclic) bond motifs is 1. The van der Waals surface area contributed by atoms with Crippen molar-refractivity contribution < 1.29 is 14.4 Å². The van der Waals surface area contributed by atoms with E-state index in [1.165, 1.54) is 0 Å². The molecule has 2 amide bonds. The quantitative estimate of drug-likeness (QED) is 0.490. The van der Waals surface area contributed by atoms with Crippen LogP contribution < -0.4 is 0 Å². The number of hydrogen-bond acceptors (Lipinski definition) is 4. The standard InChI is InChI=1S/C14H12ClNO3S/c15-12-6-5-11(20-12)10(17)7-16-13(18)8-3-1-2-4-9(8)14(16)19/h1-2,5-6,8-9H,3-4,7H2/t8-,9-/m0/s1. The van der Waals surface area contributed by atoms with Crippen molar-refractivity contribution in [2.75, 3.05) is 6.54 Å². The molecule has 6 heteroatoms. The van der Waals surface area contributed by atoms with Gasteiger partial charge in [-0.1, -0.05) is 23.8 Å². The van der Waals surface area contributed by atoms with E-state index in [1.54, 1.807) is 12.1 Å². The highest BCUT2D eigenvalue weighted by atomic mass is 35.5. The third-order valence-electron chi connectivity index (χ3n) is 3.75. The van der Waals surface area contributed by atoms with E-state index in [0.717, 1.165) is 16.2 Å². The lowest BCUT2D eigenvalue weighted by Gasteiger charge is -2.14. The van der Waals surface area contributed by atoms with Crippen molar-refractivity contribution in [2.24, 2.45) is 11.8 Å². The van der Waals surface area contributed by atoms with Crippen LogP contribution in [0.1, 0.15) is 22.5 Å². The highest BCUT2D eigenvalue weighted by Crippen LogP contribution is 2.35. The van der Waals surface area contributed by atoms with Gasteiger partial charge in [0, 0.05) is 0 Å². The number of halogens is 1. The molecule has 20 heavy (non-hydrogen) atoms. The average molecular weight is 310 g/mol.